The normalized spacial score (nSPS) is 17.2. The van der Waals surface area contributed by atoms with E-state index >= 15 is 0 Å². The molecular formula is C20H23N5O2. The number of aromatic nitrogens is 4. The number of hydrogen-bond acceptors (Lipinski definition) is 4. The van der Waals surface area contributed by atoms with Crippen molar-refractivity contribution in [1.29, 1.82) is 0 Å². The summed E-state index contributed by atoms with van der Waals surface area (Å²) in [5, 5.41) is 17.9. The highest BCUT2D eigenvalue weighted by Crippen LogP contribution is 2.27. The van der Waals surface area contributed by atoms with Crippen molar-refractivity contribution in [3.8, 4) is 5.69 Å². The Labute approximate surface area is 157 Å². The highest BCUT2D eigenvalue weighted by atomic mass is 16.3. The van der Waals surface area contributed by atoms with Gasteiger partial charge < -0.3 is 10.0 Å². The van der Waals surface area contributed by atoms with Gasteiger partial charge in [0.15, 0.2) is 0 Å². The third kappa shape index (κ3) is 3.64. The summed E-state index contributed by atoms with van der Waals surface area (Å²) in [6, 6.07) is 11.4. The van der Waals surface area contributed by atoms with Crippen LogP contribution in [-0.4, -0.2) is 55.2 Å². The quantitative estimate of drug-likeness (QED) is 0.751. The van der Waals surface area contributed by atoms with E-state index in [1.165, 1.54) is 0 Å². The Bertz CT molecular complexity index is 903. The molecule has 4 rings (SSSR count). The maximum Gasteiger partial charge on any atom is 0.256 e. The van der Waals surface area contributed by atoms with Crippen molar-refractivity contribution in [2.45, 2.75) is 25.3 Å². The molecule has 0 saturated carbocycles. The van der Waals surface area contributed by atoms with Gasteiger partial charge in [0.05, 0.1) is 30.1 Å². The molecule has 7 heteroatoms. The number of rotatable bonds is 5. The van der Waals surface area contributed by atoms with Crippen molar-refractivity contribution in [3.63, 3.8) is 0 Å². The summed E-state index contributed by atoms with van der Waals surface area (Å²) in [6.07, 6.45) is 7.41. The summed E-state index contributed by atoms with van der Waals surface area (Å²) in [5.74, 6) is 0.250. The van der Waals surface area contributed by atoms with Crippen LogP contribution in [0.25, 0.3) is 5.69 Å². The fourth-order valence-corrected chi connectivity index (χ4v) is 3.66. The lowest BCUT2D eigenvalue weighted by atomic mass is 9.94. The van der Waals surface area contributed by atoms with Crippen molar-refractivity contribution in [1.82, 2.24) is 24.5 Å². The molecule has 1 atom stereocenters. The average Bonchev–Trinajstić information content (AvgIpc) is 3.40. The third-order valence-electron chi connectivity index (χ3n) is 5.00. The van der Waals surface area contributed by atoms with E-state index in [0.29, 0.717) is 18.7 Å². The monoisotopic (exact) mass is 365 g/mol. The molecule has 0 bridgehead atoms. The molecule has 0 spiro atoms. The minimum Gasteiger partial charge on any atom is -0.394 e. The number of benzene rings is 1. The van der Waals surface area contributed by atoms with E-state index in [9.17, 15) is 4.79 Å². The Balaban J connectivity index is 1.54. The second-order valence-electron chi connectivity index (χ2n) is 6.79. The Morgan fingerprint density at radius 2 is 2.07 bits per heavy atom. The second-order valence-corrected chi connectivity index (χ2v) is 6.79. The molecule has 1 fully saturated rings. The highest BCUT2D eigenvalue weighted by Gasteiger charge is 2.28. The van der Waals surface area contributed by atoms with Gasteiger partial charge in [-0.1, -0.05) is 12.1 Å². The lowest BCUT2D eigenvalue weighted by Gasteiger charge is -2.32. The van der Waals surface area contributed by atoms with Gasteiger partial charge in [-0.15, -0.1) is 0 Å². The summed E-state index contributed by atoms with van der Waals surface area (Å²) in [6.45, 7) is 1.97. The van der Waals surface area contributed by atoms with E-state index < -0.39 is 0 Å². The molecule has 1 aromatic carbocycles. The van der Waals surface area contributed by atoms with Gasteiger partial charge in [0.1, 0.15) is 0 Å². The minimum absolute atomic E-state index is 0.0283. The molecule has 2 aromatic heterocycles. The van der Waals surface area contributed by atoms with Gasteiger partial charge in [-0.2, -0.15) is 10.2 Å². The third-order valence-corrected chi connectivity index (χ3v) is 5.00. The van der Waals surface area contributed by atoms with Gasteiger partial charge in [0, 0.05) is 37.6 Å². The number of hydrogen-bond donors (Lipinski definition) is 1. The number of likely N-dealkylation sites (tertiary alicyclic amines) is 1. The predicted molar refractivity (Wildman–Crippen MR) is 101 cm³/mol. The molecular weight excluding hydrogens is 342 g/mol. The zero-order valence-corrected chi connectivity index (χ0v) is 15.1. The number of piperidine rings is 1. The van der Waals surface area contributed by atoms with Crippen molar-refractivity contribution in [3.05, 3.63) is 66.2 Å². The Morgan fingerprint density at radius 3 is 2.89 bits per heavy atom. The van der Waals surface area contributed by atoms with Gasteiger partial charge in [-0.3, -0.25) is 9.48 Å². The number of aliphatic hydroxyl groups excluding tert-OH is 1. The first-order valence-corrected chi connectivity index (χ1v) is 9.29. The largest absolute Gasteiger partial charge is 0.394 e. The van der Waals surface area contributed by atoms with E-state index in [4.69, 9.17) is 5.11 Å². The number of nitrogens with zero attached hydrogens (tertiary/aromatic N) is 5. The van der Waals surface area contributed by atoms with E-state index in [0.717, 1.165) is 30.8 Å². The first-order valence-electron chi connectivity index (χ1n) is 9.29. The van der Waals surface area contributed by atoms with Crippen molar-refractivity contribution in [2.75, 3.05) is 19.7 Å². The maximum absolute atomic E-state index is 13.2. The number of amides is 1. The number of carbonyl (C=O) groups is 1. The van der Waals surface area contributed by atoms with Crippen LogP contribution in [0.15, 0.2) is 55.0 Å². The topological polar surface area (TPSA) is 76.2 Å². The summed E-state index contributed by atoms with van der Waals surface area (Å²) in [7, 11) is 0. The van der Waals surface area contributed by atoms with Gasteiger partial charge in [0.25, 0.3) is 5.91 Å². The fraction of sp³-hybridized carbons (Fsp3) is 0.350. The number of para-hydroxylation sites is 1. The second kappa shape index (κ2) is 7.75. The van der Waals surface area contributed by atoms with Crippen LogP contribution < -0.4 is 0 Å². The molecule has 3 heterocycles. The lowest BCUT2D eigenvalue weighted by Crippen LogP contribution is -2.39. The summed E-state index contributed by atoms with van der Waals surface area (Å²) < 4.78 is 3.48. The number of aliphatic hydroxyl groups is 1. The van der Waals surface area contributed by atoms with Crippen molar-refractivity contribution >= 4 is 5.91 Å². The molecule has 1 aliphatic heterocycles. The van der Waals surface area contributed by atoms with Crippen LogP contribution in [0.5, 0.6) is 0 Å². The summed E-state index contributed by atoms with van der Waals surface area (Å²) in [5.41, 5.74) is 2.44. The molecule has 7 nitrogen and oxygen atoms in total. The summed E-state index contributed by atoms with van der Waals surface area (Å²) in [4.78, 5) is 15.1. The van der Waals surface area contributed by atoms with Gasteiger partial charge in [-0.05, 0) is 37.1 Å². The smallest absolute Gasteiger partial charge is 0.256 e. The summed E-state index contributed by atoms with van der Waals surface area (Å²) >= 11 is 0. The molecule has 1 saturated heterocycles. The number of carbonyl (C=O) groups excluding carboxylic acids is 1. The maximum atomic E-state index is 13.2. The lowest BCUT2D eigenvalue weighted by molar-refractivity contribution is 0.0705. The zero-order chi connectivity index (χ0) is 18.6. The first kappa shape index (κ1) is 17.5. The van der Waals surface area contributed by atoms with Gasteiger partial charge in [0.2, 0.25) is 0 Å². The first-order chi connectivity index (χ1) is 13.3. The van der Waals surface area contributed by atoms with E-state index in [2.05, 4.69) is 10.2 Å². The minimum atomic E-state index is 0.0283. The van der Waals surface area contributed by atoms with Crippen LogP contribution in [0.3, 0.4) is 0 Å². The van der Waals surface area contributed by atoms with Crippen LogP contribution in [0.1, 0.15) is 34.8 Å². The van der Waals surface area contributed by atoms with Crippen LogP contribution in [0.2, 0.25) is 0 Å². The molecule has 140 valence electrons. The molecule has 1 amide bonds. The molecule has 27 heavy (non-hydrogen) atoms. The Kier molecular flexibility index (Phi) is 5.02. The van der Waals surface area contributed by atoms with Gasteiger partial charge >= 0.3 is 0 Å². The molecule has 3 aromatic rings. The molecule has 1 aliphatic rings. The van der Waals surface area contributed by atoms with E-state index in [-0.39, 0.29) is 18.4 Å². The van der Waals surface area contributed by atoms with Crippen LogP contribution >= 0.6 is 0 Å². The highest BCUT2D eigenvalue weighted by molar-refractivity contribution is 5.97. The molecule has 0 radical (unpaired) electrons. The van der Waals surface area contributed by atoms with Crippen molar-refractivity contribution < 1.29 is 9.90 Å². The Hall–Kier alpha value is -2.93. The fourth-order valence-electron chi connectivity index (χ4n) is 3.66. The molecule has 0 aliphatic carbocycles. The predicted octanol–water partition coefficient (Wildman–Crippen LogP) is 2.08. The SMILES string of the molecule is O=C(c1ccccc1-n1cccn1)N1CCC[C@H](c2ccn(CCO)n2)C1. The van der Waals surface area contributed by atoms with Crippen molar-refractivity contribution in [2.24, 2.45) is 0 Å². The zero-order valence-electron chi connectivity index (χ0n) is 15.1. The molecule has 1 N–H and O–H groups in total. The van der Waals surface area contributed by atoms with Crippen LogP contribution in [0, 0.1) is 0 Å². The molecule has 0 unspecified atom stereocenters. The average molecular weight is 365 g/mol. The van der Waals surface area contributed by atoms with E-state index in [1.807, 2.05) is 53.7 Å². The van der Waals surface area contributed by atoms with E-state index in [1.54, 1.807) is 15.6 Å². The van der Waals surface area contributed by atoms with Crippen LogP contribution in [-0.2, 0) is 6.54 Å². The van der Waals surface area contributed by atoms with Gasteiger partial charge in [-0.25, -0.2) is 4.68 Å². The standard InChI is InChI=1S/C20H23N5O2/c26-14-13-24-12-8-18(22-24)16-5-3-10-23(15-16)20(27)17-6-1-2-7-19(17)25-11-4-9-21-25/h1-2,4,6-9,11-12,16,26H,3,5,10,13-15H2/t16-/m0/s1. The Morgan fingerprint density at radius 1 is 1.19 bits per heavy atom. The van der Waals surface area contributed by atoms with Crippen LogP contribution in [0.4, 0.5) is 0 Å².